The van der Waals surface area contributed by atoms with Gasteiger partial charge in [-0.2, -0.15) is 5.10 Å². The summed E-state index contributed by atoms with van der Waals surface area (Å²) in [5, 5.41) is 4.49. The van der Waals surface area contributed by atoms with E-state index in [2.05, 4.69) is 10.1 Å². The number of aromatic nitrogens is 3. The first-order valence-corrected chi connectivity index (χ1v) is 6.45. The van der Waals surface area contributed by atoms with Crippen LogP contribution in [0.5, 0.6) is 0 Å². The van der Waals surface area contributed by atoms with E-state index in [1.165, 1.54) is 12.4 Å². The van der Waals surface area contributed by atoms with Crippen LogP contribution in [0.4, 0.5) is 4.39 Å². The molecule has 1 atom stereocenters. The van der Waals surface area contributed by atoms with Crippen LogP contribution in [0.1, 0.15) is 37.3 Å². The molecule has 0 radical (unpaired) electrons. The van der Waals surface area contributed by atoms with Gasteiger partial charge in [0.1, 0.15) is 18.0 Å². The summed E-state index contributed by atoms with van der Waals surface area (Å²) >= 11 is 5.72. The highest BCUT2D eigenvalue weighted by Crippen LogP contribution is 2.22. The Morgan fingerprint density at radius 2 is 2.16 bits per heavy atom. The number of halogens is 2. The summed E-state index contributed by atoms with van der Waals surface area (Å²) in [7, 11) is 0. The Bertz CT molecular complexity index is 568. The zero-order valence-corrected chi connectivity index (χ0v) is 11.6. The quantitative estimate of drug-likeness (QED) is 0.938. The van der Waals surface area contributed by atoms with E-state index >= 15 is 0 Å². The van der Waals surface area contributed by atoms with Crippen molar-refractivity contribution < 1.29 is 4.39 Å². The molecule has 6 heteroatoms. The van der Waals surface area contributed by atoms with Crippen LogP contribution in [-0.2, 0) is 6.42 Å². The summed E-state index contributed by atoms with van der Waals surface area (Å²) in [5.74, 6) is 0.354. The van der Waals surface area contributed by atoms with Crippen molar-refractivity contribution in [3.05, 3.63) is 46.8 Å². The number of rotatable bonds is 4. The minimum Gasteiger partial charge on any atom is -0.323 e. The largest absolute Gasteiger partial charge is 0.323 e. The van der Waals surface area contributed by atoms with Gasteiger partial charge >= 0.3 is 0 Å². The summed E-state index contributed by atoms with van der Waals surface area (Å²) < 4.78 is 15.6. The molecule has 0 saturated carbocycles. The highest BCUT2D eigenvalue weighted by Gasteiger charge is 2.16. The second-order valence-corrected chi connectivity index (χ2v) is 5.13. The fourth-order valence-electron chi connectivity index (χ4n) is 1.96. The summed E-state index contributed by atoms with van der Waals surface area (Å²) in [5.41, 5.74) is 6.48. The van der Waals surface area contributed by atoms with Crippen LogP contribution < -0.4 is 5.73 Å². The van der Waals surface area contributed by atoms with Crippen LogP contribution in [0, 0.1) is 5.82 Å². The summed E-state index contributed by atoms with van der Waals surface area (Å²) in [4.78, 5) is 4.17. The molecule has 0 bridgehead atoms. The van der Waals surface area contributed by atoms with Gasteiger partial charge in [-0.3, -0.25) is 0 Å². The highest BCUT2D eigenvalue weighted by atomic mass is 35.5. The molecule has 102 valence electrons. The lowest BCUT2D eigenvalue weighted by molar-refractivity contribution is 0.488. The van der Waals surface area contributed by atoms with Crippen molar-refractivity contribution in [1.82, 2.24) is 14.8 Å². The third kappa shape index (κ3) is 3.11. The van der Waals surface area contributed by atoms with Crippen molar-refractivity contribution in [2.24, 2.45) is 5.73 Å². The van der Waals surface area contributed by atoms with Gasteiger partial charge in [0.25, 0.3) is 0 Å². The molecule has 1 aromatic carbocycles. The van der Waals surface area contributed by atoms with Gasteiger partial charge in [-0.15, -0.1) is 0 Å². The predicted molar refractivity (Wildman–Crippen MR) is 72.4 cm³/mol. The number of benzene rings is 1. The normalized spacial score (nSPS) is 12.9. The molecule has 2 N–H and O–H groups in total. The van der Waals surface area contributed by atoms with E-state index in [0.29, 0.717) is 17.0 Å². The summed E-state index contributed by atoms with van der Waals surface area (Å²) in [6.07, 6.45) is 1.91. The maximum atomic E-state index is 13.8. The molecule has 0 spiro atoms. The molecular weight excluding hydrogens is 267 g/mol. The van der Waals surface area contributed by atoms with Crippen LogP contribution in [0.2, 0.25) is 5.02 Å². The molecule has 19 heavy (non-hydrogen) atoms. The molecule has 1 aromatic heterocycles. The fourth-order valence-corrected chi connectivity index (χ4v) is 2.12. The molecule has 4 nitrogen and oxygen atoms in total. The number of nitrogens with zero attached hydrogens (tertiary/aromatic N) is 3. The third-order valence-corrected chi connectivity index (χ3v) is 3.14. The van der Waals surface area contributed by atoms with Crippen molar-refractivity contribution in [3.63, 3.8) is 0 Å². The molecule has 2 aromatic rings. The lowest BCUT2D eigenvalue weighted by atomic mass is 10.0. The van der Waals surface area contributed by atoms with Crippen LogP contribution in [0.3, 0.4) is 0 Å². The molecule has 0 fully saturated rings. The van der Waals surface area contributed by atoms with E-state index in [-0.39, 0.29) is 6.04 Å². The smallest absolute Gasteiger partial charge is 0.138 e. The molecule has 1 heterocycles. The Hall–Kier alpha value is -1.46. The minimum absolute atomic E-state index is 0.194. The van der Waals surface area contributed by atoms with E-state index in [1.54, 1.807) is 16.8 Å². The van der Waals surface area contributed by atoms with Crippen LogP contribution in [0.15, 0.2) is 24.5 Å². The van der Waals surface area contributed by atoms with Crippen molar-refractivity contribution in [1.29, 1.82) is 0 Å². The van der Waals surface area contributed by atoms with Crippen molar-refractivity contribution in [2.75, 3.05) is 0 Å². The van der Waals surface area contributed by atoms with E-state index in [4.69, 9.17) is 17.3 Å². The van der Waals surface area contributed by atoms with Gasteiger partial charge in [-0.25, -0.2) is 14.1 Å². The number of nitrogens with two attached hydrogens (primary N) is 1. The molecular formula is C13H16ClFN4. The SMILES string of the molecule is CC(C)n1ncnc1CC(N)c1ccc(Cl)cc1F. The maximum Gasteiger partial charge on any atom is 0.138 e. The molecule has 0 aliphatic heterocycles. The standard InChI is InChI=1S/C13H16ClFN4/c1-8(2)19-13(17-7-18-19)6-12(16)10-4-3-9(14)5-11(10)15/h3-5,7-8,12H,6,16H2,1-2H3. The second-order valence-electron chi connectivity index (χ2n) is 4.69. The van der Waals surface area contributed by atoms with Gasteiger partial charge in [0, 0.05) is 29.1 Å². The highest BCUT2D eigenvalue weighted by molar-refractivity contribution is 6.30. The zero-order valence-electron chi connectivity index (χ0n) is 10.8. The molecule has 0 amide bonds. The van der Waals surface area contributed by atoms with Gasteiger partial charge in [-0.05, 0) is 26.0 Å². The Labute approximate surface area is 116 Å². The van der Waals surface area contributed by atoms with E-state index < -0.39 is 11.9 Å². The van der Waals surface area contributed by atoms with E-state index in [9.17, 15) is 4.39 Å². The average Bonchev–Trinajstić information content (AvgIpc) is 2.76. The topological polar surface area (TPSA) is 56.7 Å². The first-order valence-electron chi connectivity index (χ1n) is 6.08. The minimum atomic E-state index is -0.473. The molecule has 0 aliphatic carbocycles. The first kappa shape index (κ1) is 14.0. The fraction of sp³-hybridized carbons (Fsp3) is 0.385. The summed E-state index contributed by atoms with van der Waals surface area (Å²) in [6.45, 7) is 4.01. The Kier molecular flexibility index (Phi) is 4.17. The molecule has 0 aliphatic rings. The van der Waals surface area contributed by atoms with E-state index in [0.717, 1.165) is 5.82 Å². The first-order chi connectivity index (χ1) is 8.99. The van der Waals surface area contributed by atoms with Gasteiger partial charge < -0.3 is 5.73 Å². The maximum absolute atomic E-state index is 13.8. The third-order valence-electron chi connectivity index (χ3n) is 2.90. The Morgan fingerprint density at radius 3 is 2.79 bits per heavy atom. The Morgan fingerprint density at radius 1 is 1.42 bits per heavy atom. The van der Waals surface area contributed by atoms with E-state index in [1.807, 2.05) is 13.8 Å². The summed E-state index contributed by atoms with van der Waals surface area (Å²) in [6, 6.07) is 4.23. The van der Waals surface area contributed by atoms with Crippen molar-refractivity contribution in [2.45, 2.75) is 32.4 Å². The van der Waals surface area contributed by atoms with Crippen molar-refractivity contribution >= 4 is 11.6 Å². The lowest BCUT2D eigenvalue weighted by Gasteiger charge is -2.15. The average molecular weight is 283 g/mol. The van der Waals surface area contributed by atoms with Crippen LogP contribution in [0.25, 0.3) is 0 Å². The van der Waals surface area contributed by atoms with Gasteiger partial charge in [0.15, 0.2) is 0 Å². The molecule has 2 rings (SSSR count). The number of hydrogen-bond acceptors (Lipinski definition) is 3. The molecule has 1 unspecified atom stereocenters. The predicted octanol–water partition coefficient (Wildman–Crippen LogP) is 2.89. The van der Waals surface area contributed by atoms with Crippen molar-refractivity contribution in [3.8, 4) is 0 Å². The van der Waals surface area contributed by atoms with Gasteiger partial charge in [0.2, 0.25) is 0 Å². The lowest BCUT2D eigenvalue weighted by Crippen LogP contribution is -2.19. The molecule has 0 saturated heterocycles. The second kappa shape index (κ2) is 5.67. The van der Waals surface area contributed by atoms with Crippen LogP contribution in [-0.4, -0.2) is 14.8 Å². The Balaban J connectivity index is 2.21. The van der Waals surface area contributed by atoms with Gasteiger partial charge in [-0.1, -0.05) is 17.7 Å². The van der Waals surface area contributed by atoms with Crippen LogP contribution >= 0.6 is 11.6 Å². The number of hydrogen-bond donors (Lipinski definition) is 1. The zero-order chi connectivity index (χ0) is 14.0. The van der Waals surface area contributed by atoms with Gasteiger partial charge in [0.05, 0.1) is 0 Å². The monoisotopic (exact) mass is 282 g/mol.